The van der Waals surface area contributed by atoms with E-state index in [4.69, 9.17) is 4.74 Å². The topological polar surface area (TPSA) is 87.7 Å². The Balaban J connectivity index is 1.56. The molecule has 0 spiro atoms. The average Bonchev–Trinajstić information content (AvgIpc) is 2.61. The lowest BCUT2D eigenvalue weighted by molar-refractivity contribution is -0.113. The van der Waals surface area contributed by atoms with Crippen LogP contribution in [0.4, 0.5) is 10.5 Å². The van der Waals surface area contributed by atoms with Gasteiger partial charge in [0.1, 0.15) is 0 Å². The summed E-state index contributed by atoms with van der Waals surface area (Å²) in [5, 5.41) is 5.80. The molecular formula is C17H21N3O4S. The van der Waals surface area contributed by atoms with Crippen LogP contribution < -0.4 is 10.6 Å². The smallest absolute Gasteiger partial charge is 0.409 e. The maximum absolute atomic E-state index is 12.5. The molecule has 1 fully saturated rings. The van der Waals surface area contributed by atoms with Gasteiger partial charge in [0.15, 0.2) is 0 Å². The van der Waals surface area contributed by atoms with Crippen molar-refractivity contribution in [2.24, 2.45) is 0 Å². The van der Waals surface area contributed by atoms with Crippen LogP contribution in [0, 0.1) is 0 Å². The monoisotopic (exact) mass is 363 g/mol. The van der Waals surface area contributed by atoms with Crippen molar-refractivity contribution in [3.05, 3.63) is 23.8 Å². The molecule has 1 aromatic rings. The summed E-state index contributed by atoms with van der Waals surface area (Å²) in [5.41, 5.74) is 1.21. The zero-order valence-electron chi connectivity index (χ0n) is 14.0. The van der Waals surface area contributed by atoms with Crippen LogP contribution in [-0.4, -0.2) is 54.3 Å². The minimum atomic E-state index is -0.296. The van der Waals surface area contributed by atoms with Gasteiger partial charge >= 0.3 is 6.09 Å². The molecule has 0 unspecified atom stereocenters. The van der Waals surface area contributed by atoms with Crippen molar-refractivity contribution in [2.75, 3.05) is 30.8 Å². The molecule has 2 aliphatic heterocycles. The first-order valence-electron chi connectivity index (χ1n) is 8.36. The van der Waals surface area contributed by atoms with Crippen molar-refractivity contribution in [1.82, 2.24) is 10.2 Å². The molecule has 2 aliphatic rings. The Kier molecular flexibility index (Phi) is 5.47. The van der Waals surface area contributed by atoms with E-state index in [-0.39, 0.29) is 23.9 Å². The first kappa shape index (κ1) is 17.6. The molecule has 0 aromatic heterocycles. The molecule has 8 heteroatoms. The third kappa shape index (κ3) is 4.25. The van der Waals surface area contributed by atoms with E-state index in [0.29, 0.717) is 49.5 Å². The largest absolute Gasteiger partial charge is 0.450 e. The van der Waals surface area contributed by atoms with Crippen LogP contribution in [0.3, 0.4) is 0 Å². The number of nitrogens with one attached hydrogen (secondary N) is 2. The summed E-state index contributed by atoms with van der Waals surface area (Å²) in [5.74, 6) is 0.181. The first-order valence-corrected chi connectivity index (χ1v) is 9.34. The van der Waals surface area contributed by atoms with E-state index in [1.165, 1.54) is 11.8 Å². The Morgan fingerprint density at radius 1 is 1.36 bits per heavy atom. The molecule has 2 heterocycles. The van der Waals surface area contributed by atoms with E-state index < -0.39 is 0 Å². The molecule has 3 amide bonds. The van der Waals surface area contributed by atoms with Gasteiger partial charge in [-0.2, -0.15) is 0 Å². The summed E-state index contributed by atoms with van der Waals surface area (Å²) in [6.07, 6.45) is 1.10. The van der Waals surface area contributed by atoms with E-state index in [1.54, 1.807) is 24.0 Å². The summed E-state index contributed by atoms with van der Waals surface area (Å²) < 4.78 is 4.99. The van der Waals surface area contributed by atoms with Gasteiger partial charge in [0.2, 0.25) is 5.91 Å². The number of amides is 3. The SMILES string of the molecule is CCOC(=O)N1CCC(NC(=O)c2ccc3c(c2)NC(=O)CS3)CC1. The molecule has 7 nitrogen and oxygen atoms in total. The number of piperidine rings is 1. The average molecular weight is 363 g/mol. The highest BCUT2D eigenvalue weighted by Crippen LogP contribution is 2.32. The van der Waals surface area contributed by atoms with Gasteiger partial charge in [-0.25, -0.2) is 4.79 Å². The molecule has 3 rings (SSSR count). The number of benzene rings is 1. The van der Waals surface area contributed by atoms with Gasteiger partial charge in [0.05, 0.1) is 18.0 Å². The van der Waals surface area contributed by atoms with Crippen molar-refractivity contribution in [1.29, 1.82) is 0 Å². The fraction of sp³-hybridized carbons (Fsp3) is 0.471. The van der Waals surface area contributed by atoms with Gasteiger partial charge < -0.3 is 20.3 Å². The van der Waals surface area contributed by atoms with E-state index >= 15 is 0 Å². The lowest BCUT2D eigenvalue weighted by Gasteiger charge is -2.31. The number of carbonyl (C=O) groups is 3. The third-order valence-corrected chi connectivity index (χ3v) is 5.30. The standard InChI is InChI=1S/C17H21N3O4S/c1-2-24-17(23)20-7-5-12(6-8-20)18-16(22)11-3-4-14-13(9-11)19-15(21)10-25-14/h3-4,9,12H,2,5-8,10H2,1H3,(H,18,22)(H,19,21). The number of nitrogens with zero attached hydrogens (tertiary/aromatic N) is 1. The molecule has 0 saturated carbocycles. The Labute approximate surface area is 150 Å². The predicted molar refractivity (Wildman–Crippen MR) is 94.9 cm³/mol. The summed E-state index contributed by atoms with van der Waals surface area (Å²) in [7, 11) is 0. The van der Waals surface area contributed by atoms with E-state index in [9.17, 15) is 14.4 Å². The predicted octanol–water partition coefficient (Wildman–Crippen LogP) is 2.08. The van der Waals surface area contributed by atoms with Crippen molar-refractivity contribution >= 4 is 35.4 Å². The van der Waals surface area contributed by atoms with Crippen LogP contribution in [0.25, 0.3) is 0 Å². The number of hydrogen-bond acceptors (Lipinski definition) is 5. The second-order valence-electron chi connectivity index (χ2n) is 5.98. The molecule has 0 aliphatic carbocycles. The summed E-state index contributed by atoms with van der Waals surface area (Å²) >= 11 is 1.47. The molecule has 0 radical (unpaired) electrons. The fourth-order valence-electron chi connectivity index (χ4n) is 2.91. The normalized spacial score (nSPS) is 17.5. The maximum atomic E-state index is 12.5. The molecule has 2 N–H and O–H groups in total. The van der Waals surface area contributed by atoms with E-state index in [1.807, 2.05) is 6.07 Å². The molecule has 1 aromatic carbocycles. The van der Waals surface area contributed by atoms with Crippen LogP contribution >= 0.6 is 11.8 Å². The van der Waals surface area contributed by atoms with Crippen molar-refractivity contribution in [2.45, 2.75) is 30.7 Å². The van der Waals surface area contributed by atoms with Crippen molar-refractivity contribution in [3.63, 3.8) is 0 Å². The molecule has 0 atom stereocenters. The minimum Gasteiger partial charge on any atom is -0.450 e. The zero-order chi connectivity index (χ0) is 17.8. The molecule has 25 heavy (non-hydrogen) atoms. The number of likely N-dealkylation sites (tertiary alicyclic amines) is 1. The van der Waals surface area contributed by atoms with Crippen LogP contribution in [0.1, 0.15) is 30.1 Å². The van der Waals surface area contributed by atoms with E-state index in [2.05, 4.69) is 10.6 Å². The van der Waals surface area contributed by atoms with Crippen molar-refractivity contribution in [3.8, 4) is 0 Å². The molecule has 0 bridgehead atoms. The highest BCUT2D eigenvalue weighted by molar-refractivity contribution is 8.00. The second kappa shape index (κ2) is 7.77. The summed E-state index contributed by atoms with van der Waals surface area (Å²) in [6.45, 7) is 3.29. The Bertz CT molecular complexity index is 686. The Morgan fingerprint density at radius 3 is 2.84 bits per heavy atom. The summed E-state index contributed by atoms with van der Waals surface area (Å²) in [4.78, 5) is 38.3. The molecule has 1 saturated heterocycles. The number of ether oxygens (including phenoxy) is 1. The highest BCUT2D eigenvalue weighted by Gasteiger charge is 2.25. The van der Waals surface area contributed by atoms with Crippen LogP contribution in [-0.2, 0) is 9.53 Å². The van der Waals surface area contributed by atoms with Gasteiger partial charge in [0.25, 0.3) is 5.91 Å². The van der Waals surface area contributed by atoms with E-state index in [0.717, 1.165) is 4.90 Å². The number of rotatable bonds is 3. The van der Waals surface area contributed by atoms with Gasteiger partial charge in [-0.1, -0.05) is 0 Å². The Morgan fingerprint density at radius 2 is 2.12 bits per heavy atom. The quantitative estimate of drug-likeness (QED) is 0.858. The summed E-state index contributed by atoms with van der Waals surface area (Å²) in [6, 6.07) is 5.37. The van der Waals surface area contributed by atoms with Gasteiger partial charge in [-0.05, 0) is 38.0 Å². The lowest BCUT2D eigenvalue weighted by Crippen LogP contribution is -2.46. The van der Waals surface area contributed by atoms with Crippen LogP contribution in [0.5, 0.6) is 0 Å². The number of anilines is 1. The number of carbonyl (C=O) groups excluding carboxylic acids is 3. The first-order chi connectivity index (χ1) is 12.1. The van der Waals surface area contributed by atoms with Gasteiger partial charge in [-0.15, -0.1) is 11.8 Å². The Hall–Kier alpha value is -2.22. The van der Waals surface area contributed by atoms with Gasteiger partial charge in [0, 0.05) is 29.6 Å². The molecular weight excluding hydrogens is 342 g/mol. The second-order valence-corrected chi connectivity index (χ2v) is 7.00. The minimum absolute atomic E-state index is 0.0261. The number of thioether (sulfide) groups is 1. The van der Waals surface area contributed by atoms with Crippen LogP contribution in [0.2, 0.25) is 0 Å². The number of hydrogen-bond donors (Lipinski definition) is 2. The number of fused-ring (bicyclic) bond motifs is 1. The van der Waals surface area contributed by atoms with Crippen molar-refractivity contribution < 1.29 is 19.1 Å². The highest BCUT2D eigenvalue weighted by atomic mass is 32.2. The van der Waals surface area contributed by atoms with Crippen LogP contribution in [0.15, 0.2) is 23.1 Å². The van der Waals surface area contributed by atoms with Gasteiger partial charge in [-0.3, -0.25) is 9.59 Å². The zero-order valence-corrected chi connectivity index (χ0v) is 14.9. The fourth-order valence-corrected chi connectivity index (χ4v) is 3.70. The maximum Gasteiger partial charge on any atom is 0.409 e. The third-order valence-electron chi connectivity index (χ3n) is 4.23. The molecule has 134 valence electrons. The lowest BCUT2D eigenvalue weighted by atomic mass is 10.0.